The number of pyridine rings is 1. The SMILES string of the molecule is CC1(C(=O)NCc2cccnc2)CCCC1N. The second kappa shape index (κ2) is 4.84. The number of amides is 1. The molecule has 1 heterocycles. The molecule has 0 spiro atoms. The Balaban J connectivity index is 1.94. The van der Waals surface area contributed by atoms with Crippen molar-refractivity contribution in [2.45, 2.75) is 38.8 Å². The summed E-state index contributed by atoms with van der Waals surface area (Å²) in [5.41, 5.74) is 6.62. The fraction of sp³-hybridized carbons (Fsp3) is 0.538. The van der Waals surface area contributed by atoms with Crippen molar-refractivity contribution in [1.29, 1.82) is 0 Å². The molecule has 1 saturated carbocycles. The first kappa shape index (κ1) is 12.0. The number of hydrogen-bond donors (Lipinski definition) is 2. The Kier molecular flexibility index (Phi) is 3.43. The van der Waals surface area contributed by atoms with Gasteiger partial charge in [0.25, 0.3) is 0 Å². The molecule has 2 atom stereocenters. The molecule has 0 bridgehead atoms. The van der Waals surface area contributed by atoms with Crippen LogP contribution in [0.5, 0.6) is 0 Å². The van der Waals surface area contributed by atoms with E-state index in [4.69, 9.17) is 5.73 Å². The zero-order chi connectivity index (χ0) is 12.3. The van der Waals surface area contributed by atoms with Crippen molar-refractivity contribution in [1.82, 2.24) is 10.3 Å². The van der Waals surface area contributed by atoms with Crippen molar-refractivity contribution in [2.75, 3.05) is 0 Å². The van der Waals surface area contributed by atoms with E-state index >= 15 is 0 Å². The Morgan fingerprint density at radius 1 is 1.71 bits per heavy atom. The summed E-state index contributed by atoms with van der Waals surface area (Å²) in [5.74, 6) is 0.0614. The lowest BCUT2D eigenvalue weighted by Gasteiger charge is -2.27. The van der Waals surface area contributed by atoms with Crippen LogP contribution in [0.15, 0.2) is 24.5 Å². The first-order chi connectivity index (χ1) is 8.13. The number of carbonyl (C=O) groups is 1. The van der Waals surface area contributed by atoms with Crippen LogP contribution < -0.4 is 11.1 Å². The smallest absolute Gasteiger partial charge is 0.227 e. The van der Waals surface area contributed by atoms with Crippen LogP contribution in [0.25, 0.3) is 0 Å². The van der Waals surface area contributed by atoms with Gasteiger partial charge in [0, 0.05) is 25.0 Å². The molecule has 92 valence electrons. The molecule has 2 rings (SSSR count). The van der Waals surface area contributed by atoms with Gasteiger partial charge in [0.2, 0.25) is 5.91 Å². The summed E-state index contributed by atoms with van der Waals surface area (Å²) >= 11 is 0. The zero-order valence-electron chi connectivity index (χ0n) is 10.1. The van der Waals surface area contributed by atoms with Crippen LogP contribution >= 0.6 is 0 Å². The highest BCUT2D eigenvalue weighted by atomic mass is 16.2. The minimum Gasteiger partial charge on any atom is -0.351 e. The number of aromatic nitrogens is 1. The molecule has 17 heavy (non-hydrogen) atoms. The van der Waals surface area contributed by atoms with Gasteiger partial charge < -0.3 is 11.1 Å². The Labute approximate surface area is 102 Å². The van der Waals surface area contributed by atoms with Crippen molar-refractivity contribution < 1.29 is 4.79 Å². The van der Waals surface area contributed by atoms with Crippen LogP contribution in [0.2, 0.25) is 0 Å². The summed E-state index contributed by atoms with van der Waals surface area (Å²) in [6.45, 7) is 2.48. The molecular weight excluding hydrogens is 214 g/mol. The molecule has 2 unspecified atom stereocenters. The van der Waals surface area contributed by atoms with E-state index in [0.717, 1.165) is 24.8 Å². The van der Waals surface area contributed by atoms with Crippen molar-refractivity contribution >= 4 is 5.91 Å². The van der Waals surface area contributed by atoms with E-state index in [-0.39, 0.29) is 11.9 Å². The van der Waals surface area contributed by atoms with E-state index < -0.39 is 5.41 Å². The predicted octanol–water partition coefficient (Wildman–Crippen LogP) is 1.22. The Morgan fingerprint density at radius 2 is 2.53 bits per heavy atom. The van der Waals surface area contributed by atoms with E-state index in [1.807, 2.05) is 19.1 Å². The van der Waals surface area contributed by atoms with E-state index in [9.17, 15) is 4.79 Å². The molecule has 1 aliphatic carbocycles. The average Bonchev–Trinajstić information content (AvgIpc) is 2.69. The van der Waals surface area contributed by atoms with Gasteiger partial charge in [-0.2, -0.15) is 0 Å². The fourth-order valence-corrected chi connectivity index (χ4v) is 2.36. The monoisotopic (exact) mass is 233 g/mol. The summed E-state index contributed by atoms with van der Waals surface area (Å²) in [6, 6.07) is 3.80. The maximum atomic E-state index is 12.1. The number of carbonyl (C=O) groups excluding carboxylic acids is 1. The molecule has 0 aliphatic heterocycles. The molecule has 1 aliphatic rings. The lowest BCUT2D eigenvalue weighted by Crippen LogP contribution is -2.47. The highest BCUT2D eigenvalue weighted by molar-refractivity contribution is 5.83. The quantitative estimate of drug-likeness (QED) is 0.824. The van der Waals surface area contributed by atoms with Gasteiger partial charge in [-0.3, -0.25) is 9.78 Å². The molecule has 0 saturated heterocycles. The summed E-state index contributed by atoms with van der Waals surface area (Å²) in [5, 5.41) is 2.95. The van der Waals surface area contributed by atoms with Crippen LogP contribution in [-0.2, 0) is 11.3 Å². The second-order valence-electron chi connectivity index (χ2n) is 4.96. The maximum absolute atomic E-state index is 12.1. The first-order valence-corrected chi connectivity index (χ1v) is 6.06. The normalized spacial score (nSPS) is 28.0. The van der Waals surface area contributed by atoms with Crippen LogP contribution in [0, 0.1) is 5.41 Å². The average molecular weight is 233 g/mol. The van der Waals surface area contributed by atoms with E-state index in [2.05, 4.69) is 10.3 Å². The van der Waals surface area contributed by atoms with Crippen molar-refractivity contribution in [3.05, 3.63) is 30.1 Å². The third kappa shape index (κ3) is 2.47. The standard InChI is InChI=1S/C13H19N3O/c1-13(6-2-5-11(13)14)12(17)16-9-10-4-3-7-15-8-10/h3-4,7-8,11H,2,5-6,9,14H2,1H3,(H,16,17). The number of hydrogen-bond acceptors (Lipinski definition) is 3. The van der Waals surface area contributed by atoms with Crippen molar-refractivity contribution in [3.63, 3.8) is 0 Å². The van der Waals surface area contributed by atoms with Gasteiger partial charge in [-0.05, 0) is 31.4 Å². The summed E-state index contributed by atoms with van der Waals surface area (Å²) in [7, 11) is 0. The third-order valence-corrected chi connectivity index (χ3v) is 3.72. The largest absolute Gasteiger partial charge is 0.351 e. The number of nitrogens with one attached hydrogen (secondary N) is 1. The van der Waals surface area contributed by atoms with Crippen molar-refractivity contribution in [2.24, 2.45) is 11.1 Å². The number of rotatable bonds is 3. The summed E-state index contributed by atoms with van der Waals surface area (Å²) in [4.78, 5) is 16.2. The Bertz CT molecular complexity index is 393. The minimum atomic E-state index is -0.401. The minimum absolute atomic E-state index is 0.0172. The van der Waals surface area contributed by atoms with Gasteiger partial charge in [-0.25, -0.2) is 0 Å². The molecule has 1 aromatic rings. The number of nitrogens with two attached hydrogens (primary N) is 1. The van der Waals surface area contributed by atoms with Gasteiger partial charge in [-0.15, -0.1) is 0 Å². The maximum Gasteiger partial charge on any atom is 0.227 e. The number of nitrogens with zero attached hydrogens (tertiary/aromatic N) is 1. The van der Waals surface area contributed by atoms with Gasteiger partial charge >= 0.3 is 0 Å². The molecule has 1 amide bonds. The lowest BCUT2D eigenvalue weighted by atomic mass is 9.84. The van der Waals surface area contributed by atoms with Crippen LogP contribution in [-0.4, -0.2) is 16.9 Å². The summed E-state index contributed by atoms with van der Waals surface area (Å²) < 4.78 is 0. The van der Waals surface area contributed by atoms with Gasteiger partial charge in [0.1, 0.15) is 0 Å². The Hall–Kier alpha value is -1.42. The molecule has 1 aromatic heterocycles. The van der Waals surface area contributed by atoms with E-state index in [1.165, 1.54) is 0 Å². The van der Waals surface area contributed by atoms with Gasteiger partial charge in [0.15, 0.2) is 0 Å². The molecule has 3 N–H and O–H groups in total. The summed E-state index contributed by atoms with van der Waals surface area (Å²) in [6.07, 6.45) is 6.35. The first-order valence-electron chi connectivity index (χ1n) is 6.06. The van der Waals surface area contributed by atoms with Crippen molar-refractivity contribution in [3.8, 4) is 0 Å². The topological polar surface area (TPSA) is 68.0 Å². The third-order valence-electron chi connectivity index (χ3n) is 3.72. The highest BCUT2D eigenvalue weighted by Crippen LogP contribution is 2.36. The van der Waals surface area contributed by atoms with Crippen LogP contribution in [0.1, 0.15) is 31.7 Å². The predicted molar refractivity (Wildman–Crippen MR) is 66.0 cm³/mol. The van der Waals surface area contributed by atoms with E-state index in [1.54, 1.807) is 12.4 Å². The lowest BCUT2D eigenvalue weighted by molar-refractivity contribution is -0.130. The van der Waals surface area contributed by atoms with Gasteiger partial charge in [-0.1, -0.05) is 12.5 Å². The molecule has 0 radical (unpaired) electrons. The molecule has 0 aromatic carbocycles. The van der Waals surface area contributed by atoms with Gasteiger partial charge in [0.05, 0.1) is 5.41 Å². The fourth-order valence-electron chi connectivity index (χ4n) is 2.36. The second-order valence-corrected chi connectivity index (χ2v) is 4.96. The highest BCUT2D eigenvalue weighted by Gasteiger charge is 2.42. The van der Waals surface area contributed by atoms with E-state index in [0.29, 0.717) is 6.54 Å². The Morgan fingerprint density at radius 3 is 3.12 bits per heavy atom. The van der Waals surface area contributed by atoms with Crippen LogP contribution in [0.4, 0.5) is 0 Å². The molecule has 4 nitrogen and oxygen atoms in total. The molecular formula is C13H19N3O. The molecule has 1 fully saturated rings. The zero-order valence-corrected chi connectivity index (χ0v) is 10.1. The molecule has 4 heteroatoms. The van der Waals surface area contributed by atoms with Crippen LogP contribution in [0.3, 0.4) is 0 Å².